The predicted molar refractivity (Wildman–Crippen MR) is 141 cm³/mol. The fourth-order valence-corrected chi connectivity index (χ4v) is 7.19. The van der Waals surface area contributed by atoms with Crippen molar-refractivity contribution in [2.75, 3.05) is 13.1 Å². The van der Waals surface area contributed by atoms with Crippen molar-refractivity contribution in [1.82, 2.24) is 30.2 Å². The number of nitrogens with one attached hydrogen (secondary N) is 1. The largest absolute Gasteiger partial charge is 0.391 e. The molecule has 1 saturated heterocycles. The van der Waals surface area contributed by atoms with Gasteiger partial charge in [0.05, 0.1) is 11.8 Å². The first-order valence-electron chi connectivity index (χ1n) is 14.2. The van der Waals surface area contributed by atoms with Crippen LogP contribution in [0.25, 0.3) is 0 Å². The minimum Gasteiger partial charge on any atom is -0.391 e. The Balaban J connectivity index is 1.19. The molecule has 3 heterocycles. The van der Waals surface area contributed by atoms with E-state index < -0.39 is 23.6 Å². The van der Waals surface area contributed by atoms with Gasteiger partial charge in [0.15, 0.2) is 0 Å². The average Bonchev–Trinajstić information content (AvgIpc) is 3.44. The summed E-state index contributed by atoms with van der Waals surface area (Å²) in [7, 11) is 0. The van der Waals surface area contributed by atoms with Crippen LogP contribution in [0.1, 0.15) is 95.5 Å². The Morgan fingerprint density at radius 1 is 1.21 bits per heavy atom. The molecule has 38 heavy (non-hydrogen) atoms. The van der Waals surface area contributed by atoms with Crippen LogP contribution in [0.4, 0.5) is 0 Å². The maximum absolute atomic E-state index is 14.0. The van der Waals surface area contributed by atoms with E-state index in [4.69, 9.17) is 0 Å². The number of hydrogen-bond acceptors (Lipinski definition) is 6. The van der Waals surface area contributed by atoms with Crippen LogP contribution in [0.15, 0.2) is 30.6 Å². The lowest BCUT2D eigenvalue weighted by Crippen LogP contribution is -2.59. The Labute approximate surface area is 224 Å². The third-order valence-corrected chi connectivity index (χ3v) is 9.36. The Morgan fingerprint density at radius 2 is 1.97 bits per heavy atom. The van der Waals surface area contributed by atoms with Crippen LogP contribution < -0.4 is 5.32 Å². The summed E-state index contributed by atoms with van der Waals surface area (Å²) in [4.78, 5) is 33.8. The van der Waals surface area contributed by atoms with Crippen molar-refractivity contribution in [3.63, 3.8) is 0 Å². The van der Waals surface area contributed by atoms with Crippen molar-refractivity contribution < 1.29 is 14.7 Å². The molecule has 0 radical (unpaired) electrons. The van der Waals surface area contributed by atoms with E-state index in [1.807, 2.05) is 45.3 Å². The van der Waals surface area contributed by atoms with Crippen LogP contribution in [0.3, 0.4) is 0 Å². The number of aliphatic hydroxyl groups is 1. The molecule has 1 spiro atoms. The van der Waals surface area contributed by atoms with E-state index in [0.29, 0.717) is 17.9 Å². The van der Waals surface area contributed by atoms with Gasteiger partial charge in [0.2, 0.25) is 11.8 Å². The number of hydrogen-bond donors (Lipinski definition) is 2. The quantitative estimate of drug-likeness (QED) is 0.580. The fourth-order valence-electron chi connectivity index (χ4n) is 7.19. The second-order valence-electron chi connectivity index (χ2n) is 13.5. The Hall–Kier alpha value is -2.81. The molecule has 4 fully saturated rings. The fraction of sp³-hybridized carbons (Fsp3) is 0.690. The molecule has 4 aliphatic rings. The third-order valence-electron chi connectivity index (χ3n) is 9.36. The predicted octanol–water partition coefficient (Wildman–Crippen LogP) is 3.12. The smallest absolute Gasteiger partial charge is 0.248 e. The van der Waals surface area contributed by atoms with Crippen molar-refractivity contribution in [2.45, 2.75) is 102 Å². The minimum atomic E-state index is -0.736. The summed E-state index contributed by atoms with van der Waals surface area (Å²) in [5, 5.41) is 22.4. The van der Waals surface area contributed by atoms with Gasteiger partial charge in [-0.25, -0.2) is 4.68 Å². The van der Waals surface area contributed by atoms with E-state index >= 15 is 0 Å². The second-order valence-corrected chi connectivity index (χ2v) is 13.5. The maximum Gasteiger partial charge on any atom is 0.248 e. The number of carbonyl (C=O) groups excluding carboxylic acids is 2. The molecule has 9 nitrogen and oxygen atoms in total. The average molecular weight is 521 g/mol. The van der Waals surface area contributed by atoms with Crippen molar-refractivity contribution in [3.05, 3.63) is 42.0 Å². The zero-order chi connectivity index (χ0) is 26.7. The van der Waals surface area contributed by atoms with Crippen molar-refractivity contribution in [2.24, 2.45) is 10.8 Å². The summed E-state index contributed by atoms with van der Waals surface area (Å²) in [6.45, 7) is 6.63. The van der Waals surface area contributed by atoms with E-state index in [9.17, 15) is 14.7 Å². The van der Waals surface area contributed by atoms with Crippen LogP contribution in [-0.4, -0.2) is 67.0 Å². The molecule has 9 heteroatoms. The highest BCUT2D eigenvalue weighted by Crippen LogP contribution is 2.64. The summed E-state index contributed by atoms with van der Waals surface area (Å²) in [5.74, 6) is 0.0336. The van der Waals surface area contributed by atoms with Crippen molar-refractivity contribution in [3.8, 4) is 0 Å². The molecule has 0 aromatic carbocycles. The number of carbonyl (C=O) groups is 2. The molecule has 0 bridgehead atoms. The number of nitrogens with zero attached hydrogens (tertiary/aromatic N) is 5. The van der Waals surface area contributed by atoms with E-state index in [1.165, 1.54) is 19.3 Å². The summed E-state index contributed by atoms with van der Waals surface area (Å²) >= 11 is 0. The Bertz CT molecular complexity index is 1190. The van der Waals surface area contributed by atoms with Gasteiger partial charge in [-0.3, -0.25) is 14.6 Å². The van der Waals surface area contributed by atoms with Crippen molar-refractivity contribution in [1.29, 1.82) is 0 Å². The second kappa shape index (κ2) is 9.14. The highest BCUT2D eigenvalue weighted by Gasteiger charge is 2.58. The van der Waals surface area contributed by atoms with Gasteiger partial charge in [-0.05, 0) is 61.5 Å². The SMILES string of the molecule is CC(C)(C)[C@@H](C(=O)N1C[C@H](O)C[C@H]1C(=O)NCC1(c2ccccn2)CC2(CCC2)C1)n1cc(C2CC2)nn1. The highest BCUT2D eigenvalue weighted by molar-refractivity contribution is 5.90. The van der Waals surface area contributed by atoms with Crippen LogP contribution >= 0.6 is 0 Å². The molecule has 6 rings (SSSR count). The van der Waals surface area contributed by atoms with Gasteiger partial charge >= 0.3 is 0 Å². The molecule has 2 amide bonds. The number of pyridine rings is 1. The minimum absolute atomic E-state index is 0.141. The third kappa shape index (κ3) is 4.52. The number of likely N-dealkylation sites (tertiary alicyclic amines) is 1. The number of aromatic nitrogens is 4. The van der Waals surface area contributed by atoms with Crippen LogP contribution in [0.2, 0.25) is 0 Å². The van der Waals surface area contributed by atoms with E-state index in [0.717, 1.165) is 37.1 Å². The monoisotopic (exact) mass is 520 g/mol. The number of β-amino-alcohol motifs (C(OH)–C–C–N with tert-alkyl or cyclic N) is 1. The Morgan fingerprint density at radius 3 is 2.58 bits per heavy atom. The summed E-state index contributed by atoms with van der Waals surface area (Å²) in [6, 6.07) is 4.66. The number of amides is 2. The molecule has 3 saturated carbocycles. The summed E-state index contributed by atoms with van der Waals surface area (Å²) < 4.78 is 1.66. The van der Waals surface area contributed by atoms with Crippen LogP contribution in [-0.2, 0) is 15.0 Å². The lowest BCUT2D eigenvalue weighted by molar-refractivity contribution is -0.144. The van der Waals surface area contributed by atoms with Crippen LogP contribution in [0.5, 0.6) is 0 Å². The van der Waals surface area contributed by atoms with Gasteiger partial charge in [-0.2, -0.15) is 0 Å². The van der Waals surface area contributed by atoms with Gasteiger partial charge < -0.3 is 15.3 Å². The van der Waals surface area contributed by atoms with Gasteiger partial charge in [-0.15, -0.1) is 5.10 Å². The topological polar surface area (TPSA) is 113 Å². The molecule has 2 aromatic heterocycles. The molecule has 2 N–H and O–H groups in total. The zero-order valence-electron chi connectivity index (χ0n) is 22.8. The maximum atomic E-state index is 14.0. The van der Waals surface area contributed by atoms with Gasteiger partial charge in [0.1, 0.15) is 12.1 Å². The first-order chi connectivity index (χ1) is 18.1. The number of aliphatic hydroxyl groups excluding tert-OH is 1. The molecule has 1 aliphatic heterocycles. The molecule has 0 unspecified atom stereocenters. The van der Waals surface area contributed by atoms with Gasteiger partial charge in [0.25, 0.3) is 0 Å². The van der Waals surface area contributed by atoms with Crippen LogP contribution in [0, 0.1) is 10.8 Å². The molecular formula is C29H40N6O3. The molecule has 3 atom stereocenters. The van der Waals surface area contributed by atoms with E-state index in [2.05, 4.69) is 26.7 Å². The first-order valence-corrected chi connectivity index (χ1v) is 14.2. The highest BCUT2D eigenvalue weighted by atomic mass is 16.3. The summed E-state index contributed by atoms with van der Waals surface area (Å²) in [6.07, 6.45) is 11.3. The standard InChI is InChI=1S/C29H40N6O3/c1-27(2,3)24(35-15-21(32-33-35)19-8-9-19)26(38)34-14-20(36)13-22(34)25(37)31-18-29(23-7-4-5-12-30-23)16-28(17-29)10-6-11-28/h4-5,7,12,15,19-20,22,24,36H,6,8-11,13-14,16-18H2,1-3H3,(H,31,37)/t20-,22+,24-/m1/s1. The summed E-state index contributed by atoms with van der Waals surface area (Å²) in [5.41, 5.74) is 1.74. The Kier molecular flexibility index (Phi) is 6.13. The number of rotatable bonds is 7. The first kappa shape index (κ1) is 25.5. The lowest BCUT2D eigenvalue weighted by Gasteiger charge is -2.61. The molecule has 204 valence electrons. The molecular weight excluding hydrogens is 480 g/mol. The zero-order valence-corrected chi connectivity index (χ0v) is 22.8. The van der Waals surface area contributed by atoms with E-state index in [-0.39, 0.29) is 30.2 Å². The van der Waals surface area contributed by atoms with Gasteiger partial charge in [0, 0.05) is 48.9 Å². The van der Waals surface area contributed by atoms with Gasteiger partial charge in [-0.1, -0.05) is 38.5 Å². The normalized spacial score (nSPS) is 26.5. The molecule has 2 aromatic rings. The molecule has 3 aliphatic carbocycles. The van der Waals surface area contributed by atoms with Crippen molar-refractivity contribution >= 4 is 11.8 Å². The van der Waals surface area contributed by atoms with E-state index in [1.54, 1.807) is 9.58 Å². The lowest BCUT2D eigenvalue weighted by atomic mass is 9.44.